The first-order valence-electron chi connectivity index (χ1n) is 7.27. The predicted molar refractivity (Wildman–Crippen MR) is 80.6 cm³/mol. The van der Waals surface area contributed by atoms with Gasteiger partial charge in [-0.05, 0) is 39.5 Å². The van der Waals surface area contributed by atoms with Crippen LogP contribution in [0.15, 0.2) is 0 Å². The quantitative estimate of drug-likeness (QED) is 0.450. The molecule has 20 heavy (non-hydrogen) atoms. The van der Waals surface area contributed by atoms with E-state index in [-0.39, 0.29) is 12.1 Å². The zero-order valence-corrected chi connectivity index (χ0v) is 12.5. The number of nitrogens with two attached hydrogens (primary N) is 1. The van der Waals surface area contributed by atoms with Crippen LogP contribution in [0.4, 0.5) is 11.6 Å². The second-order valence-corrected chi connectivity index (χ2v) is 5.84. The smallest absolute Gasteiger partial charge is 0.148 e. The molecule has 1 saturated carbocycles. The molecule has 1 unspecified atom stereocenters. The van der Waals surface area contributed by atoms with Gasteiger partial charge in [-0.25, -0.2) is 15.8 Å². The summed E-state index contributed by atoms with van der Waals surface area (Å²) in [6, 6.07) is 0. The minimum absolute atomic E-state index is 0.152. The zero-order valence-electron chi connectivity index (χ0n) is 12.5. The number of nitrogens with zero attached hydrogens (tertiary/aromatic N) is 2. The maximum Gasteiger partial charge on any atom is 0.148 e. The van der Waals surface area contributed by atoms with Crippen LogP contribution in [0.2, 0.25) is 0 Å². The number of rotatable bonds is 7. The molecule has 1 aromatic heterocycles. The van der Waals surface area contributed by atoms with Crippen molar-refractivity contribution in [3.8, 4) is 0 Å². The number of nitrogen functional groups attached to an aromatic ring is 1. The van der Waals surface area contributed by atoms with Crippen molar-refractivity contribution in [3.63, 3.8) is 0 Å². The Morgan fingerprint density at radius 3 is 2.50 bits per heavy atom. The number of anilines is 2. The summed E-state index contributed by atoms with van der Waals surface area (Å²) in [6.07, 6.45) is 3.88. The number of aliphatic hydroxyl groups is 1. The zero-order chi connectivity index (χ0) is 14.8. The topological polar surface area (TPSA) is 96.1 Å². The van der Waals surface area contributed by atoms with Gasteiger partial charge in [-0.1, -0.05) is 6.92 Å². The summed E-state index contributed by atoms with van der Waals surface area (Å²) in [5.41, 5.74) is 3.39. The van der Waals surface area contributed by atoms with Crippen molar-refractivity contribution in [2.24, 2.45) is 5.84 Å². The van der Waals surface area contributed by atoms with Crippen LogP contribution in [0.3, 0.4) is 0 Å². The van der Waals surface area contributed by atoms with E-state index in [0.29, 0.717) is 18.2 Å². The van der Waals surface area contributed by atoms with Crippen molar-refractivity contribution >= 4 is 11.6 Å². The van der Waals surface area contributed by atoms with Gasteiger partial charge in [0.1, 0.15) is 17.5 Å². The molecule has 5 N–H and O–H groups in total. The molecular formula is C14H25N5O. The molecular weight excluding hydrogens is 254 g/mol. The first-order chi connectivity index (χ1) is 9.53. The maximum absolute atomic E-state index is 9.23. The van der Waals surface area contributed by atoms with E-state index in [2.05, 4.69) is 34.6 Å². The fourth-order valence-electron chi connectivity index (χ4n) is 2.18. The van der Waals surface area contributed by atoms with E-state index < -0.39 is 0 Å². The Labute approximate surface area is 120 Å². The van der Waals surface area contributed by atoms with Gasteiger partial charge in [0.25, 0.3) is 0 Å². The molecule has 0 radical (unpaired) electrons. The molecule has 2 rings (SSSR count). The molecule has 6 nitrogen and oxygen atoms in total. The minimum Gasteiger partial charge on any atom is -0.396 e. The molecule has 1 heterocycles. The second kappa shape index (κ2) is 5.93. The number of aromatic nitrogens is 2. The lowest BCUT2D eigenvalue weighted by atomic mass is 9.94. The fraction of sp³-hybridized carbons (Fsp3) is 0.714. The predicted octanol–water partition coefficient (Wildman–Crippen LogP) is 1.91. The Balaban J connectivity index is 2.31. The Bertz CT molecular complexity index is 475. The van der Waals surface area contributed by atoms with Crippen LogP contribution in [0.1, 0.15) is 56.8 Å². The van der Waals surface area contributed by atoms with Gasteiger partial charge in [-0.3, -0.25) is 0 Å². The number of nitrogens with one attached hydrogen (secondary N) is 2. The highest BCUT2D eigenvalue weighted by molar-refractivity contribution is 5.58. The molecule has 0 spiro atoms. The van der Waals surface area contributed by atoms with Gasteiger partial charge in [0.15, 0.2) is 0 Å². The number of aliphatic hydroxyl groups excluding tert-OH is 1. The lowest BCUT2D eigenvalue weighted by Crippen LogP contribution is -2.36. The van der Waals surface area contributed by atoms with Crippen molar-refractivity contribution in [3.05, 3.63) is 11.4 Å². The van der Waals surface area contributed by atoms with E-state index in [4.69, 9.17) is 5.84 Å². The third-order valence-corrected chi connectivity index (χ3v) is 4.11. The molecule has 0 saturated heterocycles. The first-order valence-corrected chi connectivity index (χ1v) is 7.27. The van der Waals surface area contributed by atoms with Gasteiger partial charge in [0, 0.05) is 23.6 Å². The third kappa shape index (κ3) is 3.19. The molecule has 6 heteroatoms. The van der Waals surface area contributed by atoms with E-state index in [9.17, 15) is 5.11 Å². The van der Waals surface area contributed by atoms with Crippen molar-refractivity contribution in [2.45, 2.75) is 57.9 Å². The van der Waals surface area contributed by atoms with Crippen molar-refractivity contribution in [1.29, 1.82) is 0 Å². The van der Waals surface area contributed by atoms with Crippen LogP contribution < -0.4 is 16.6 Å². The van der Waals surface area contributed by atoms with Crippen molar-refractivity contribution in [2.75, 3.05) is 17.3 Å². The largest absolute Gasteiger partial charge is 0.396 e. The molecule has 1 atom stereocenters. The molecule has 1 fully saturated rings. The average molecular weight is 279 g/mol. The van der Waals surface area contributed by atoms with Crippen LogP contribution >= 0.6 is 0 Å². The van der Waals surface area contributed by atoms with Gasteiger partial charge >= 0.3 is 0 Å². The van der Waals surface area contributed by atoms with E-state index >= 15 is 0 Å². The molecule has 0 amide bonds. The van der Waals surface area contributed by atoms with Crippen LogP contribution in [-0.2, 0) is 0 Å². The van der Waals surface area contributed by atoms with Gasteiger partial charge in [-0.2, -0.15) is 0 Å². The van der Waals surface area contributed by atoms with E-state index in [1.54, 1.807) is 0 Å². The van der Waals surface area contributed by atoms with Crippen molar-refractivity contribution in [1.82, 2.24) is 9.97 Å². The average Bonchev–Trinajstić information content (AvgIpc) is 3.26. The third-order valence-electron chi connectivity index (χ3n) is 4.11. The summed E-state index contributed by atoms with van der Waals surface area (Å²) in [7, 11) is 0. The van der Waals surface area contributed by atoms with Crippen LogP contribution in [0.5, 0.6) is 0 Å². The maximum atomic E-state index is 9.23. The fourth-order valence-corrected chi connectivity index (χ4v) is 2.18. The summed E-state index contributed by atoms with van der Waals surface area (Å²) in [5.74, 6) is 8.36. The standard InChI is InChI=1S/C14H25N5O/c1-4-14(3,7-8-20)18-11-9(2)12(19-15)17-13(16-11)10-5-6-10/h10,20H,4-8,15H2,1-3H3,(H2,16,17,18,19). The monoisotopic (exact) mass is 279 g/mol. The lowest BCUT2D eigenvalue weighted by molar-refractivity contribution is 0.251. The van der Waals surface area contributed by atoms with E-state index in [0.717, 1.165) is 36.5 Å². The molecule has 0 aromatic carbocycles. The summed E-state index contributed by atoms with van der Waals surface area (Å²) >= 11 is 0. The highest BCUT2D eigenvalue weighted by atomic mass is 16.3. The van der Waals surface area contributed by atoms with Crippen LogP contribution in [-0.4, -0.2) is 27.2 Å². The normalized spacial score (nSPS) is 17.6. The Hall–Kier alpha value is -1.40. The van der Waals surface area contributed by atoms with Crippen LogP contribution in [0, 0.1) is 6.92 Å². The molecule has 112 valence electrons. The van der Waals surface area contributed by atoms with Gasteiger partial charge in [-0.15, -0.1) is 0 Å². The Kier molecular flexibility index (Phi) is 4.45. The summed E-state index contributed by atoms with van der Waals surface area (Å²) in [5, 5.41) is 12.7. The van der Waals surface area contributed by atoms with Gasteiger partial charge in [0.05, 0.1) is 0 Å². The molecule has 0 aliphatic heterocycles. The summed E-state index contributed by atoms with van der Waals surface area (Å²) in [6.45, 7) is 6.29. The first kappa shape index (κ1) is 15.0. The minimum atomic E-state index is -0.180. The lowest BCUT2D eigenvalue weighted by Gasteiger charge is -2.30. The van der Waals surface area contributed by atoms with Gasteiger partial charge in [0.2, 0.25) is 0 Å². The molecule has 0 bridgehead atoms. The second-order valence-electron chi connectivity index (χ2n) is 5.84. The SMILES string of the molecule is CCC(C)(CCO)Nc1nc(C2CC2)nc(NN)c1C. The highest BCUT2D eigenvalue weighted by Crippen LogP contribution is 2.39. The Morgan fingerprint density at radius 1 is 1.35 bits per heavy atom. The highest BCUT2D eigenvalue weighted by Gasteiger charge is 2.29. The number of hydrogen-bond acceptors (Lipinski definition) is 6. The van der Waals surface area contributed by atoms with E-state index in [1.165, 1.54) is 0 Å². The number of hydrazine groups is 1. The number of hydrogen-bond donors (Lipinski definition) is 4. The summed E-state index contributed by atoms with van der Waals surface area (Å²) in [4.78, 5) is 9.14. The van der Waals surface area contributed by atoms with Crippen molar-refractivity contribution < 1.29 is 5.11 Å². The van der Waals surface area contributed by atoms with E-state index in [1.807, 2.05) is 6.92 Å². The Morgan fingerprint density at radius 2 is 2.00 bits per heavy atom. The summed E-state index contributed by atoms with van der Waals surface area (Å²) < 4.78 is 0. The molecule has 1 aliphatic carbocycles. The molecule has 1 aromatic rings. The van der Waals surface area contributed by atoms with Crippen LogP contribution in [0.25, 0.3) is 0 Å². The molecule has 1 aliphatic rings. The van der Waals surface area contributed by atoms with Gasteiger partial charge < -0.3 is 15.8 Å².